The van der Waals surface area contributed by atoms with Crippen LogP contribution in [0.25, 0.3) is 0 Å². The van der Waals surface area contributed by atoms with E-state index in [4.69, 9.17) is 16.3 Å². The van der Waals surface area contributed by atoms with Crippen molar-refractivity contribution in [3.8, 4) is 5.88 Å². The van der Waals surface area contributed by atoms with Gasteiger partial charge < -0.3 is 9.84 Å². The van der Waals surface area contributed by atoms with Gasteiger partial charge in [-0.05, 0) is 19.1 Å². The van der Waals surface area contributed by atoms with Gasteiger partial charge in [-0.2, -0.15) is 0 Å². The summed E-state index contributed by atoms with van der Waals surface area (Å²) in [5, 5.41) is 21.4. The first-order valence-electron chi connectivity index (χ1n) is 6.83. The van der Waals surface area contributed by atoms with E-state index in [0.717, 1.165) is 6.07 Å². The average Bonchev–Trinajstić information content (AvgIpc) is 2.47. The van der Waals surface area contributed by atoms with E-state index in [0.29, 0.717) is 6.61 Å². The molecule has 0 aliphatic rings. The molecule has 0 bridgehead atoms. The summed E-state index contributed by atoms with van der Waals surface area (Å²) in [6.45, 7) is 2.09. The van der Waals surface area contributed by atoms with Crippen molar-refractivity contribution in [3.05, 3.63) is 62.5 Å². The predicted molar refractivity (Wildman–Crippen MR) is 82.1 cm³/mol. The van der Waals surface area contributed by atoms with Crippen LogP contribution in [0.5, 0.6) is 5.88 Å². The molecule has 2 aromatic rings. The summed E-state index contributed by atoms with van der Waals surface area (Å²) in [7, 11) is 0. The molecule has 1 unspecified atom stereocenters. The van der Waals surface area contributed by atoms with Gasteiger partial charge in [0.1, 0.15) is 11.5 Å². The van der Waals surface area contributed by atoms with Gasteiger partial charge in [0.15, 0.2) is 0 Å². The molecule has 0 saturated carbocycles. The van der Waals surface area contributed by atoms with Crippen molar-refractivity contribution < 1.29 is 19.2 Å². The Hall–Kier alpha value is -2.25. The highest BCUT2D eigenvalue weighted by atomic mass is 35.5. The molecule has 122 valence electrons. The van der Waals surface area contributed by atoms with Crippen LogP contribution in [-0.2, 0) is 6.42 Å². The number of rotatable bonds is 6. The van der Waals surface area contributed by atoms with Crippen LogP contribution < -0.4 is 4.74 Å². The number of pyridine rings is 1. The van der Waals surface area contributed by atoms with Gasteiger partial charge >= 0.3 is 0 Å². The minimum absolute atomic E-state index is 0.00669. The number of nitro groups is 1. The molecule has 0 aliphatic carbocycles. The largest absolute Gasteiger partial charge is 0.478 e. The number of hydrogen-bond donors (Lipinski definition) is 1. The van der Waals surface area contributed by atoms with Crippen molar-refractivity contribution >= 4 is 17.3 Å². The van der Waals surface area contributed by atoms with Gasteiger partial charge in [0.25, 0.3) is 5.69 Å². The second kappa shape index (κ2) is 7.34. The quantitative estimate of drug-likeness (QED) is 0.643. The van der Waals surface area contributed by atoms with E-state index >= 15 is 0 Å². The number of ether oxygens (including phenoxy) is 1. The maximum Gasteiger partial charge on any atom is 0.291 e. The molecular formula is C15H14ClFN2O4. The fourth-order valence-electron chi connectivity index (χ4n) is 2.13. The summed E-state index contributed by atoms with van der Waals surface area (Å²) in [4.78, 5) is 14.5. The number of aromatic nitrogens is 1. The topological polar surface area (TPSA) is 85.5 Å². The lowest BCUT2D eigenvalue weighted by Crippen LogP contribution is -2.09. The monoisotopic (exact) mass is 340 g/mol. The Morgan fingerprint density at radius 2 is 2.17 bits per heavy atom. The molecule has 0 radical (unpaired) electrons. The van der Waals surface area contributed by atoms with Crippen LogP contribution in [0.15, 0.2) is 30.3 Å². The van der Waals surface area contributed by atoms with Crippen LogP contribution in [0.3, 0.4) is 0 Å². The zero-order valence-corrected chi connectivity index (χ0v) is 13.0. The Morgan fingerprint density at radius 3 is 2.78 bits per heavy atom. The summed E-state index contributed by atoms with van der Waals surface area (Å²) < 4.78 is 19.0. The van der Waals surface area contributed by atoms with E-state index in [1.165, 1.54) is 24.3 Å². The maximum absolute atomic E-state index is 13.8. The van der Waals surface area contributed by atoms with Crippen molar-refractivity contribution in [2.45, 2.75) is 19.4 Å². The molecule has 1 N–H and O–H groups in total. The van der Waals surface area contributed by atoms with Gasteiger partial charge in [-0.3, -0.25) is 10.1 Å². The predicted octanol–water partition coefficient (Wildman–Crippen LogP) is 3.46. The molecule has 1 aromatic carbocycles. The van der Waals surface area contributed by atoms with E-state index in [2.05, 4.69) is 4.98 Å². The minimum Gasteiger partial charge on any atom is -0.478 e. The first kappa shape index (κ1) is 17.1. The highest BCUT2D eigenvalue weighted by Crippen LogP contribution is 2.30. The van der Waals surface area contributed by atoms with Gasteiger partial charge in [-0.1, -0.05) is 17.7 Å². The molecular weight excluding hydrogens is 327 g/mol. The molecule has 2 rings (SSSR count). The van der Waals surface area contributed by atoms with Crippen LogP contribution in [0.1, 0.15) is 24.3 Å². The zero-order valence-electron chi connectivity index (χ0n) is 12.2. The second-order valence-corrected chi connectivity index (χ2v) is 5.07. The SMILES string of the molecule is CCOc1ccc([N+](=O)[O-])c(CC(O)c2c(F)cccc2Cl)n1. The molecule has 8 heteroatoms. The Balaban J connectivity index is 2.37. The fraction of sp³-hybridized carbons (Fsp3) is 0.267. The molecule has 1 heterocycles. The third-order valence-electron chi connectivity index (χ3n) is 3.13. The third-order valence-corrected chi connectivity index (χ3v) is 3.46. The fourth-order valence-corrected chi connectivity index (χ4v) is 2.42. The van der Waals surface area contributed by atoms with Crippen molar-refractivity contribution in [2.75, 3.05) is 6.61 Å². The molecule has 0 spiro atoms. The lowest BCUT2D eigenvalue weighted by atomic mass is 10.0. The van der Waals surface area contributed by atoms with Crippen LogP contribution in [0.2, 0.25) is 5.02 Å². The lowest BCUT2D eigenvalue weighted by Gasteiger charge is -2.14. The van der Waals surface area contributed by atoms with E-state index in [-0.39, 0.29) is 34.3 Å². The van der Waals surface area contributed by atoms with Gasteiger partial charge in [0.2, 0.25) is 5.88 Å². The summed E-state index contributed by atoms with van der Waals surface area (Å²) in [6.07, 6.45) is -1.63. The highest BCUT2D eigenvalue weighted by molar-refractivity contribution is 6.31. The molecule has 0 saturated heterocycles. The first-order valence-corrected chi connectivity index (χ1v) is 7.21. The minimum atomic E-state index is -1.37. The Morgan fingerprint density at radius 1 is 1.43 bits per heavy atom. The number of halogens is 2. The summed E-state index contributed by atoms with van der Waals surface area (Å²) in [5.41, 5.74) is -0.403. The number of hydrogen-bond acceptors (Lipinski definition) is 5. The van der Waals surface area contributed by atoms with E-state index in [1.807, 2.05) is 0 Å². The molecule has 0 aliphatic heterocycles. The van der Waals surface area contributed by atoms with Crippen LogP contribution in [0.4, 0.5) is 10.1 Å². The highest BCUT2D eigenvalue weighted by Gasteiger charge is 2.23. The van der Waals surface area contributed by atoms with Gasteiger partial charge in [-0.25, -0.2) is 9.37 Å². The van der Waals surface area contributed by atoms with Crippen LogP contribution in [0, 0.1) is 15.9 Å². The second-order valence-electron chi connectivity index (χ2n) is 4.66. The maximum atomic E-state index is 13.8. The summed E-state index contributed by atoms with van der Waals surface area (Å²) in [6, 6.07) is 6.60. The number of nitrogens with zero attached hydrogens (tertiary/aromatic N) is 2. The summed E-state index contributed by atoms with van der Waals surface area (Å²) in [5.74, 6) is -0.492. The number of aliphatic hydroxyl groups excluding tert-OH is 1. The zero-order chi connectivity index (χ0) is 17.0. The smallest absolute Gasteiger partial charge is 0.291 e. The molecule has 1 aromatic heterocycles. The Labute approximate surface area is 136 Å². The van der Waals surface area contributed by atoms with E-state index in [1.54, 1.807) is 6.92 Å². The van der Waals surface area contributed by atoms with Gasteiger partial charge in [0.05, 0.1) is 17.6 Å². The summed E-state index contributed by atoms with van der Waals surface area (Å²) >= 11 is 5.89. The lowest BCUT2D eigenvalue weighted by molar-refractivity contribution is -0.386. The molecule has 23 heavy (non-hydrogen) atoms. The molecule has 0 fully saturated rings. The van der Waals surface area contributed by atoms with Crippen LogP contribution >= 0.6 is 11.6 Å². The third kappa shape index (κ3) is 3.94. The van der Waals surface area contributed by atoms with Crippen molar-refractivity contribution in [1.29, 1.82) is 0 Å². The van der Waals surface area contributed by atoms with Gasteiger partial charge in [0, 0.05) is 29.1 Å². The standard InChI is InChI=1S/C15H14ClFN2O4/c1-2-23-14-7-6-12(19(21)22)11(18-14)8-13(20)15-9(16)4-3-5-10(15)17/h3-7,13,20H,2,8H2,1H3. The molecule has 0 amide bonds. The normalized spacial score (nSPS) is 12.0. The first-order chi connectivity index (χ1) is 10.9. The van der Waals surface area contributed by atoms with E-state index < -0.39 is 16.8 Å². The Bertz CT molecular complexity index is 706. The van der Waals surface area contributed by atoms with Crippen molar-refractivity contribution in [1.82, 2.24) is 4.98 Å². The van der Waals surface area contributed by atoms with Crippen molar-refractivity contribution in [2.24, 2.45) is 0 Å². The van der Waals surface area contributed by atoms with Gasteiger partial charge in [-0.15, -0.1) is 0 Å². The van der Waals surface area contributed by atoms with E-state index in [9.17, 15) is 19.6 Å². The van der Waals surface area contributed by atoms with Crippen LogP contribution in [-0.4, -0.2) is 21.6 Å². The number of aliphatic hydroxyl groups is 1. The Kier molecular flexibility index (Phi) is 5.46. The average molecular weight is 341 g/mol. The van der Waals surface area contributed by atoms with Crippen molar-refractivity contribution in [3.63, 3.8) is 0 Å². The molecule has 1 atom stereocenters. The molecule has 6 nitrogen and oxygen atoms in total. The number of benzene rings is 1.